The zero-order valence-corrected chi connectivity index (χ0v) is 17.3. The van der Waals surface area contributed by atoms with E-state index in [1.54, 1.807) is 0 Å². The van der Waals surface area contributed by atoms with Crippen molar-refractivity contribution < 1.29 is 17.3 Å². The van der Waals surface area contributed by atoms with Crippen LogP contribution in [0.2, 0.25) is 0 Å². The summed E-state index contributed by atoms with van der Waals surface area (Å²) >= 11 is 3.49. The van der Waals surface area contributed by atoms with Crippen molar-refractivity contribution in [3.63, 3.8) is 0 Å². The van der Waals surface area contributed by atoms with Crippen LogP contribution in [0.5, 0.6) is 0 Å². The Bertz CT molecular complexity index is 1230. The molecular formula is C20H16BrFN2O3S. The third-order valence-corrected chi connectivity index (χ3v) is 7.48. The molecule has 2 aromatic carbocycles. The van der Waals surface area contributed by atoms with Crippen LogP contribution in [0.4, 0.5) is 10.2 Å². The minimum atomic E-state index is -4.13. The van der Waals surface area contributed by atoms with Gasteiger partial charge in [0, 0.05) is 21.0 Å². The molecule has 28 heavy (non-hydrogen) atoms. The summed E-state index contributed by atoms with van der Waals surface area (Å²) in [7, 11) is -4.13. The Labute approximate surface area is 170 Å². The Hall–Kier alpha value is -2.19. The lowest BCUT2D eigenvalue weighted by atomic mass is 9.79. The number of benzene rings is 2. The Morgan fingerprint density at radius 2 is 2.04 bits per heavy atom. The number of hydrogen-bond acceptors (Lipinski definition) is 4. The smallest absolute Gasteiger partial charge is 0.266 e. The van der Waals surface area contributed by atoms with E-state index in [0.717, 1.165) is 28.4 Å². The molecule has 8 heteroatoms. The highest BCUT2D eigenvalue weighted by molar-refractivity contribution is 9.10. The molecule has 1 fully saturated rings. The second kappa shape index (κ2) is 5.90. The summed E-state index contributed by atoms with van der Waals surface area (Å²) in [4.78, 5) is -0.399. The Morgan fingerprint density at radius 3 is 2.79 bits per heavy atom. The maximum absolute atomic E-state index is 14.4. The lowest BCUT2D eigenvalue weighted by Gasteiger charge is -2.24. The summed E-state index contributed by atoms with van der Waals surface area (Å²) in [6, 6.07) is 10.3. The highest BCUT2D eigenvalue weighted by atomic mass is 79.9. The molecule has 0 unspecified atom stereocenters. The van der Waals surface area contributed by atoms with Gasteiger partial charge in [0.05, 0.1) is 0 Å². The standard InChI is InChI=1S/C20H16BrFN2O3S/c1-11-3-2-4-16(17(11)22)28(25,26)24-19-14-10-20(7-8-20)15-6-5-12(21)9-13(15)18(14)27-23-19/h2-6,9H,7-8,10H2,1H3,(H,23,24). The van der Waals surface area contributed by atoms with Gasteiger partial charge >= 0.3 is 0 Å². The van der Waals surface area contributed by atoms with Crippen LogP contribution >= 0.6 is 15.9 Å². The monoisotopic (exact) mass is 462 g/mol. The third kappa shape index (κ3) is 2.62. The Balaban J connectivity index is 1.59. The molecule has 0 aliphatic heterocycles. The van der Waals surface area contributed by atoms with E-state index in [1.165, 1.54) is 30.7 Å². The second-order valence-corrected chi connectivity index (χ2v) is 10.0. The minimum absolute atomic E-state index is 0.00334. The fourth-order valence-electron chi connectivity index (χ4n) is 3.97. The predicted octanol–water partition coefficient (Wildman–Crippen LogP) is 4.94. The van der Waals surface area contributed by atoms with Crippen molar-refractivity contribution in [2.45, 2.75) is 36.5 Å². The molecule has 144 valence electrons. The Morgan fingerprint density at radius 1 is 1.25 bits per heavy atom. The summed E-state index contributed by atoms with van der Waals surface area (Å²) in [5, 5.41) is 3.98. The van der Waals surface area contributed by atoms with Gasteiger partial charge in [0.1, 0.15) is 10.7 Å². The molecule has 5 nitrogen and oxygen atoms in total. The fourth-order valence-corrected chi connectivity index (χ4v) is 5.51. The Kier molecular flexibility index (Phi) is 3.77. The van der Waals surface area contributed by atoms with Gasteiger partial charge in [-0.15, -0.1) is 0 Å². The van der Waals surface area contributed by atoms with Crippen LogP contribution in [-0.4, -0.2) is 13.6 Å². The van der Waals surface area contributed by atoms with Crippen LogP contribution < -0.4 is 4.72 Å². The van der Waals surface area contributed by atoms with Crippen LogP contribution in [0.25, 0.3) is 11.3 Å². The van der Waals surface area contributed by atoms with Gasteiger partial charge in [-0.3, -0.25) is 4.72 Å². The lowest BCUT2D eigenvalue weighted by molar-refractivity contribution is 0.431. The van der Waals surface area contributed by atoms with E-state index in [1.807, 2.05) is 12.1 Å². The van der Waals surface area contributed by atoms with Crippen molar-refractivity contribution in [1.82, 2.24) is 5.16 Å². The summed E-state index contributed by atoms with van der Waals surface area (Å²) in [5.74, 6) is -0.0654. The van der Waals surface area contributed by atoms with Gasteiger partial charge in [0.15, 0.2) is 11.6 Å². The summed E-state index contributed by atoms with van der Waals surface area (Å²) in [6.07, 6.45) is 2.71. The lowest BCUT2D eigenvalue weighted by Crippen LogP contribution is -2.20. The van der Waals surface area contributed by atoms with E-state index in [-0.39, 0.29) is 16.8 Å². The number of sulfonamides is 1. The van der Waals surface area contributed by atoms with Crippen LogP contribution in [0, 0.1) is 12.7 Å². The topological polar surface area (TPSA) is 72.2 Å². The third-order valence-electron chi connectivity index (χ3n) is 5.63. The van der Waals surface area contributed by atoms with E-state index in [0.29, 0.717) is 12.2 Å². The normalized spacial score (nSPS) is 16.5. The molecule has 0 amide bonds. The molecule has 2 aliphatic carbocycles. The number of rotatable bonds is 3. The largest absolute Gasteiger partial charge is 0.354 e. The molecule has 1 aromatic heterocycles. The van der Waals surface area contributed by atoms with E-state index in [2.05, 4.69) is 31.9 Å². The van der Waals surface area contributed by atoms with Gasteiger partial charge in [-0.25, -0.2) is 12.8 Å². The van der Waals surface area contributed by atoms with Crippen molar-refractivity contribution in [3.8, 4) is 11.3 Å². The van der Waals surface area contributed by atoms with Gasteiger partial charge < -0.3 is 4.52 Å². The SMILES string of the molecule is Cc1cccc(S(=O)(=O)Nc2noc3c2CC2(CC2)c2ccc(Br)cc2-3)c1F. The van der Waals surface area contributed by atoms with Gasteiger partial charge in [0.2, 0.25) is 0 Å². The quantitative estimate of drug-likeness (QED) is 0.598. The predicted molar refractivity (Wildman–Crippen MR) is 106 cm³/mol. The highest BCUT2D eigenvalue weighted by Crippen LogP contribution is 2.58. The van der Waals surface area contributed by atoms with Gasteiger partial charge in [-0.2, -0.15) is 0 Å². The maximum atomic E-state index is 14.4. The number of aromatic nitrogens is 1. The van der Waals surface area contributed by atoms with Gasteiger partial charge in [0.25, 0.3) is 10.0 Å². The number of aryl methyl sites for hydroxylation is 1. The fraction of sp³-hybridized carbons (Fsp3) is 0.250. The number of fused-ring (bicyclic) bond motifs is 4. The first-order chi connectivity index (χ1) is 13.3. The first kappa shape index (κ1) is 17.9. The molecule has 3 aromatic rings. The van der Waals surface area contributed by atoms with Crippen LogP contribution in [0.3, 0.4) is 0 Å². The number of halogens is 2. The molecule has 1 heterocycles. The van der Waals surface area contributed by atoms with Crippen molar-refractivity contribution in [2.75, 3.05) is 4.72 Å². The first-order valence-corrected chi connectivity index (χ1v) is 11.2. The summed E-state index contributed by atoms with van der Waals surface area (Å²) < 4.78 is 48.8. The number of hydrogen-bond donors (Lipinski definition) is 1. The summed E-state index contributed by atoms with van der Waals surface area (Å²) in [5.41, 5.74) is 3.12. The molecule has 0 radical (unpaired) electrons. The molecule has 2 aliphatic rings. The average Bonchev–Trinajstić information content (AvgIpc) is 3.31. The van der Waals surface area contributed by atoms with Crippen LogP contribution in [-0.2, 0) is 21.9 Å². The molecule has 1 N–H and O–H groups in total. The zero-order valence-electron chi connectivity index (χ0n) is 14.9. The average molecular weight is 463 g/mol. The van der Waals surface area contributed by atoms with Crippen LogP contribution in [0.1, 0.15) is 29.5 Å². The van der Waals surface area contributed by atoms with Gasteiger partial charge in [-0.1, -0.05) is 39.3 Å². The maximum Gasteiger partial charge on any atom is 0.266 e. The van der Waals surface area contributed by atoms with Crippen molar-refractivity contribution in [2.24, 2.45) is 0 Å². The minimum Gasteiger partial charge on any atom is -0.354 e. The molecule has 1 saturated carbocycles. The molecular weight excluding hydrogens is 447 g/mol. The van der Waals surface area contributed by atoms with E-state index in [9.17, 15) is 12.8 Å². The van der Waals surface area contributed by atoms with Crippen molar-refractivity contribution in [3.05, 3.63) is 63.4 Å². The number of nitrogens with zero attached hydrogens (tertiary/aromatic N) is 1. The zero-order chi connectivity index (χ0) is 19.7. The molecule has 5 rings (SSSR count). The van der Waals surface area contributed by atoms with Crippen molar-refractivity contribution >= 4 is 31.8 Å². The van der Waals surface area contributed by atoms with E-state index < -0.39 is 20.7 Å². The highest BCUT2D eigenvalue weighted by Gasteiger charge is 2.50. The second-order valence-electron chi connectivity index (χ2n) is 7.48. The molecule has 0 bridgehead atoms. The first-order valence-electron chi connectivity index (χ1n) is 8.88. The number of nitrogens with one attached hydrogen (secondary N) is 1. The number of anilines is 1. The molecule has 0 atom stereocenters. The summed E-state index contributed by atoms with van der Waals surface area (Å²) in [6.45, 7) is 1.53. The molecule has 1 spiro atoms. The van der Waals surface area contributed by atoms with Gasteiger partial charge in [-0.05, 0) is 55.5 Å². The molecule has 0 saturated heterocycles. The van der Waals surface area contributed by atoms with E-state index in [4.69, 9.17) is 4.52 Å². The van der Waals surface area contributed by atoms with Crippen molar-refractivity contribution in [1.29, 1.82) is 0 Å². The van der Waals surface area contributed by atoms with Crippen LogP contribution in [0.15, 0.2) is 50.3 Å². The van der Waals surface area contributed by atoms with E-state index >= 15 is 0 Å².